The topological polar surface area (TPSA) is 30.3 Å². The molecule has 4 rings (SSSR count). The number of anilines is 2. The summed E-state index contributed by atoms with van der Waals surface area (Å²) < 4.78 is 14.7. The van der Waals surface area contributed by atoms with Gasteiger partial charge in [0.1, 0.15) is 5.82 Å². The summed E-state index contributed by atoms with van der Waals surface area (Å²) in [5, 5.41) is 8.92. The first-order valence-corrected chi connectivity index (χ1v) is 8.91. The van der Waals surface area contributed by atoms with E-state index in [2.05, 4.69) is 11.0 Å². The average Bonchev–Trinajstić information content (AvgIpc) is 3.45. The zero-order chi connectivity index (χ0) is 17.4. The van der Waals surface area contributed by atoms with Gasteiger partial charge < -0.3 is 4.90 Å². The second kappa shape index (κ2) is 6.50. The van der Waals surface area contributed by atoms with Crippen LogP contribution in [-0.2, 0) is 13.0 Å². The Morgan fingerprint density at radius 1 is 1.20 bits per heavy atom. The van der Waals surface area contributed by atoms with E-state index in [1.54, 1.807) is 18.2 Å². The molecule has 0 unspecified atom stereocenters. The molecule has 0 aromatic heterocycles. The van der Waals surface area contributed by atoms with Crippen molar-refractivity contribution in [1.82, 2.24) is 4.90 Å². The molecule has 2 aliphatic rings. The van der Waals surface area contributed by atoms with Crippen LogP contribution in [0.25, 0.3) is 0 Å². The third kappa shape index (κ3) is 3.38. The predicted octanol–water partition coefficient (Wildman–Crippen LogP) is 4.23. The van der Waals surface area contributed by atoms with Gasteiger partial charge >= 0.3 is 0 Å². The third-order valence-electron chi connectivity index (χ3n) is 5.32. The van der Waals surface area contributed by atoms with E-state index in [9.17, 15) is 4.39 Å². The van der Waals surface area contributed by atoms with Gasteiger partial charge in [0.05, 0.1) is 17.3 Å². The summed E-state index contributed by atoms with van der Waals surface area (Å²) >= 11 is 0. The molecule has 0 N–H and O–H groups in total. The van der Waals surface area contributed by atoms with Crippen LogP contribution < -0.4 is 4.90 Å². The Balaban J connectivity index is 1.59. The van der Waals surface area contributed by atoms with E-state index in [1.165, 1.54) is 24.9 Å². The Labute approximate surface area is 148 Å². The summed E-state index contributed by atoms with van der Waals surface area (Å²) in [4.78, 5) is 4.36. The molecule has 4 heteroatoms. The zero-order valence-electron chi connectivity index (χ0n) is 14.5. The number of nitrogens with zero attached hydrogens (tertiary/aromatic N) is 3. The lowest BCUT2D eigenvalue weighted by Crippen LogP contribution is -2.32. The molecule has 1 heterocycles. The quantitative estimate of drug-likeness (QED) is 0.837. The van der Waals surface area contributed by atoms with E-state index in [0.717, 1.165) is 36.7 Å². The molecule has 1 fully saturated rings. The van der Waals surface area contributed by atoms with Crippen molar-refractivity contribution in [2.24, 2.45) is 5.92 Å². The van der Waals surface area contributed by atoms with E-state index in [1.807, 2.05) is 30.1 Å². The molecule has 0 saturated heterocycles. The highest BCUT2D eigenvalue weighted by atomic mass is 19.1. The molecule has 3 nitrogen and oxygen atoms in total. The van der Waals surface area contributed by atoms with Gasteiger partial charge in [-0.15, -0.1) is 0 Å². The number of hydrogen-bond donors (Lipinski definition) is 0. The van der Waals surface area contributed by atoms with Gasteiger partial charge in [-0.1, -0.05) is 0 Å². The molecule has 1 aliphatic carbocycles. The predicted molar refractivity (Wildman–Crippen MR) is 97.3 cm³/mol. The van der Waals surface area contributed by atoms with Crippen LogP contribution in [0.15, 0.2) is 36.4 Å². The average molecular weight is 335 g/mol. The maximum absolute atomic E-state index is 14.7. The van der Waals surface area contributed by atoms with Crippen molar-refractivity contribution in [3.63, 3.8) is 0 Å². The largest absolute Gasteiger partial charge is 0.342 e. The van der Waals surface area contributed by atoms with E-state index >= 15 is 0 Å². The Hall–Kier alpha value is -2.38. The molecule has 2 aromatic carbocycles. The second-order valence-corrected chi connectivity index (χ2v) is 7.22. The van der Waals surface area contributed by atoms with Gasteiger partial charge in [0, 0.05) is 32.4 Å². The highest BCUT2D eigenvalue weighted by molar-refractivity contribution is 5.65. The highest BCUT2D eigenvalue weighted by Gasteiger charge is 2.27. The minimum absolute atomic E-state index is 0.179. The van der Waals surface area contributed by atoms with Gasteiger partial charge in [-0.05, 0) is 72.7 Å². The first-order chi connectivity index (χ1) is 12.1. The van der Waals surface area contributed by atoms with Crippen LogP contribution in [-0.4, -0.2) is 25.0 Å². The fourth-order valence-corrected chi connectivity index (χ4v) is 3.60. The van der Waals surface area contributed by atoms with Crippen LogP contribution in [0.3, 0.4) is 0 Å². The molecule has 1 saturated carbocycles. The van der Waals surface area contributed by atoms with Gasteiger partial charge in [0.2, 0.25) is 0 Å². The lowest BCUT2D eigenvalue weighted by Gasteiger charge is -2.30. The first-order valence-electron chi connectivity index (χ1n) is 8.91. The highest BCUT2D eigenvalue weighted by Crippen LogP contribution is 2.34. The van der Waals surface area contributed by atoms with Crippen LogP contribution in [0.1, 0.15) is 29.5 Å². The maximum atomic E-state index is 14.7. The second-order valence-electron chi connectivity index (χ2n) is 7.22. The van der Waals surface area contributed by atoms with Crippen molar-refractivity contribution >= 4 is 11.4 Å². The van der Waals surface area contributed by atoms with Crippen molar-refractivity contribution in [1.29, 1.82) is 5.26 Å². The van der Waals surface area contributed by atoms with E-state index in [-0.39, 0.29) is 5.82 Å². The van der Waals surface area contributed by atoms with Crippen LogP contribution in [0.2, 0.25) is 0 Å². The molecule has 1 aliphatic heterocycles. The summed E-state index contributed by atoms with van der Waals surface area (Å²) in [6.07, 6.45) is 3.65. The molecule has 0 bridgehead atoms. The van der Waals surface area contributed by atoms with Crippen molar-refractivity contribution in [3.05, 3.63) is 58.9 Å². The molecule has 128 valence electrons. The van der Waals surface area contributed by atoms with Gasteiger partial charge in [-0.3, -0.25) is 4.90 Å². The van der Waals surface area contributed by atoms with Gasteiger partial charge in [0.15, 0.2) is 0 Å². The lowest BCUT2D eigenvalue weighted by atomic mass is 9.98. The fourth-order valence-electron chi connectivity index (χ4n) is 3.60. The molecular formula is C21H22FN3. The Kier molecular flexibility index (Phi) is 4.19. The van der Waals surface area contributed by atoms with E-state index in [4.69, 9.17) is 5.26 Å². The Bertz CT molecular complexity index is 818. The number of fused-ring (bicyclic) bond motifs is 1. The van der Waals surface area contributed by atoms with Crippen LogP contribution in [0, 0.1) is 23.1 Å². The molecular weight excluding hydrogens is 313 g/mol. The number of hydrogen-bond acceptors (Lipinski definition) is 3. The summed E-state index contributed by atoms with van der Waals surface area (Å²) in [6, 6.07) is 13.1. The van der Waals surface area contributed by atoms with E-state index < -0.39 is 0 Å². The summed E-state index contributed by atoms with van der Waals surface area (Å²) in [5.41, 5.74) is 4.46. The number of halogens is 1. The van der Waals surface area contributed by atoms with Gasteiger partial charge in [-0.2, -0.15) is 5.26 Å². The third-order valence-corrected chi connectivity index (χ3v) is 5.32. The standard InChI is InChI=1S/C21H22FN3/c1-24(19-6-4-15(12-23)5-7-19)21-11-18-14-25(13-16-2-3-16)9-8-17(18)10-20(21)22/h4-7,10-11,16H,2-3,8-9,13-14H2,1H3. The number of rotatable bonds is 4. The van der Waals surface area contributed by atoms with E-state index in [0.29, 0.717) is 11.3 Å². The zero-order valence-corrected chi connectivity index (χ0v) is 14.5. The van der Waals surface area contributed by atoms with Crippen molar-refractivity contribution < 1.29 is 4.39 Å². The SMILES string of the molecule is CN(c1ccc(C#N)cc1)c1cc2c(cc1F)CCN(CC1CC1)C2. The number of nitriles is 1. The summed E-state index contributed by atoms with van der Waals surface area (Å²) in [7, 11) is 1.87. The molecule has 0 atom stereocenters. The van der Waals surface area contributed by atoms with Crippen molar-refractivity contribution in [2.75, 3.05) is 25.0 Å². The lowest BCUT2D eigenvalue weighted by molar-refractivity contribution is 0.243. The summed E-state index contributed by atoms with van der Waals surface area (Å²) in [6.45, 7) is 3.13. The molecule has 0 amide bonds. The number of benzene rings is 2. The molecule has 0 spiro atoms. The normalized spacial score (nSPS) is 17.0. The van der Waals surface area contributed by atoms with Crippen molar-refractivity contribution in [2.45, 2.75) is 25.8 Å². The first kappa shape index (κ1) is 16.1. The smallest absolute Gasteiger partial charge is 0.147 e. The Morgan fingerprint density at radius 3 is 2.64 bits per heavy atom. The minimum atomic E-state index is -0.179. The van der Waals surface area contributed by atoms with Crippen LogP contribution in [0.4, 0.5) is 15.8 Å². The van der Waals surface area contributed by atoms with Crippen molar-refractivity contribution in [3.8, 4) is 6.07 Å². The van der Waals surface area contributed by atoms with Gasteiger partial charge in [0.25, 0.3) is 0 Å². The van der Waals surface area contributed by atoms with Crippen LogP contribution in [0.5, 0.6) is 0 Å². The Morgan fingerprint density at radius 2 is 1.96 bits per heavy atom. The monoisotopic (exact) mass is 335 g/mol. The fraction of sp³-hybridized carbons (Fsp3) is 0.381. The van der Waals surface area contributed by atoms with Crippen LogP contribution >= 0.6 is 0 Å². The summed E-state index contributed by atoms with van der Waals surface area (Å²) in [5.74, 6) is 0.698. The molecule has 0 radical (unpaired) electrons. The minimum Gasteiger partial charge on any atom is -0.342 e. The maximum Gasteiger partial charge on any atom is 0.147 e. The van der Waals surface area contributed by atoms with Gasteiger partial charge in [-0.25, -0.2) is 4.39 Å². The molecule has 25 heavy (non-hydrogen) atoms. The molecule has 2 aromatic rings.